The van der Waals surface area contributed by atoms with Gasteiger partial charge in [0.2, 0.25) is 0 Å². The van der Waals surface area contributed by atoms with Gasteiger partial charge in [-0.25, -0.2) is 0 Å². The highest BCUT2D eigenvalue weighted by Gasteiger charge is 2.39. The van der Waals surface area contributed by atoms with Gasteiger partial charge >= 0.3 is 11.9 Å². The van der Waals surface area contributed by atoms with Crippen LogP contribution in [-0.4, -0.2) is 70.0 Å². The van der Waals surface area contributed by atoms with Crippen molar-refractivity contribution in [1.82, 2.24) is 0 Å². The molecule has 0 aromatic heterocycles. The van der Waals surface area contributed by atoms with Gasteiger partial charge in [0.15, 0.2) is 6.10 Å². The maximum absolute atomic E-state index is 12.1. The quantitative estimate of drug-likeness (QED) is 0.0508. The maximum atomic E-state index is 12.1. The van der Waals surface area contributed by atoms with Crippen LogP contribution in [0.3, 0.4) is 0 Å². The number of allylic oxidation sites excluding steroid dienone is 2. The lowest BCUT2D eigenvalue weighted by Crippen LogP contribution is -2.28. The third-order valence-corrected chi connectivity index (χ3v) is 8.32. The van der Waals surface area contributed by atoms with Crippen LogP contribution in [0.15, 0.2) is 24.3 Å². The molecule has 43 heavy (non-hydrogen) atoms. The molecule has 0 amide bonds. The van der Waals surface area contributed by atoms with E-state index in [2.05, 4.69) is 13.8 Å². The number of esters is 2. The molecule has 0 aromatic rings. The summed E-state index contributed by atoms with van der Waals surface area (Å²) in [7, 11) is 0. The third kappa shape index (κ3) is 19.3. The molecule has 1 aliphatic rings. The van der Waals surface area contributed by atoms with Crippen molar-refractivity contribution in [2.75, 3.05) is 13.2 Å². The number of aliphatic hydroxyl groups excluding tert-OH is 4. The van der Waals surface area contributed by atoms with Crippen molar-refractivity contribution >= 4 is 11.9 Å². The number of hydrogen-bond acceptors (Lipinski definition) is 8. The van der Waals surface area contributed by atoms with E-state index >= 15 is 0 Å². The Bertz CT molecular complexity index is 767. The smallest absolute Gasteiger partial charge is 0.306 e. The average Bonchev–Trinajstić information content (AvgIpc) is 3.26. The Morgan fingerprint density at radius 2 is 1.44 bits per heavy atom. The van der Waals surface area contributed by atoms with Gasteiger partial charge in [0.05, 0.1) is 24.9 Å². The molecular weight excluding hydrogens is 548 g/mol. The maximum Gasteiger partial charge on any atom is 0.306 e. The predicted octanol–water partition coefficient (Wildman–Crippen LogP) is 6.33. The van der Waals surface area contributed by atoms with Crippen LogP contribution in [0.25, 0.3) is 0 Å². The van der Waals surface area contributed by atoms with Crippen LogP contribution < -0.4 is 0 Å². The molecule has 0 bridgehead atoms. The van der Waals surface area contributed by atoms with Crippen molar-refractivity contribution in [1.29, 1.82) is 0 Å². The second-order valence-electron chi connectivity index (χ2n) is 12.2. The zero-order valence-corrected chi connectivity index (χ0v) is 27.0. The molecule has 1 saturated carbocycles. The van der Waals surface area contributed by atoms with Gasteiger partial charge in [0.1, 0.15) is 6.61 Å². The molecule has 1 aliphatic carbocycles. The van der Waals surface area contributed by atoms with Gasteiger partial charge in [0, 0.05) is 25.2 Å². The van der Waals surface area contributed by atoms with Gasteiger partial charge in [-0.1, -0.05) is 109 Å². The number of hydrogen-bond donors (Lipinski definition) is 4. The van der Waals surface area contributed by atoms with Crippen molar-refractivity contribution in [2.24, 2.45) is 11.8 Å². The molecule has 0 aliphatic heterocycles. The van der Waals surface area contributed by atoms with E-state index in [0.717, 1.165) is 38.5 Å². The molecule has 8 heteroatoms. The molecule has 8 nitrogen and oxygen atoms in total. The number of aliphatic hydroxyl groups is 4. The summed E-state index contributed by atoms with van der Waals surface area (Å²) in [6, 6.07) is 0. The topological polar surface area (TPSA) is 134 Å². The summed E-state index contributed by atoms with van der Waals surface area (Å²) in [4.78, 5) is 24.2. The predicted molar refractivity (Wildman–Crippen MR) is 170 cm³/mol. The Balaban J connectivity index is 2.21. The summed E-state index contributed by atoms with van der Waals surface area (Å²) in [6.45, 7) is 3.79. The standard InChI is InChI=1S/C35H62O8/c1-3-5-7-8-9-10-11-12-18-22-35(41)43-29(26-36)27-42-34(40)21-17-14-13-16-20-30-31(33(39)25-32(30)38)24-23-28(37)19-15-6-4-2/h13,16,23-24,28-33,36-39H,3-12,14-15,17-22,25-27H2,1-2H3/b16-13+,24-23+/t28-,29-,30+,31+,32-,33+/m0/s1. The molecule has 0 radical (unpaired) electrons. The van der Waals surface area contributed by atoms with Crippen molar-refractivity contribution in [3.63, 3.8) is 0 Å². The first-order chi connectivity index (χ1) is 20.8. The second-order valence-corrected chi connectivity index (χ2v) is 12.2. The first kappa shape index (κ1) is 39.3. The summed E-state index contributed by atoms with van der Waals surface area (Å²) < 4.78 is 10.5. The summed E-state index contributed by atoms with van der Waals surface area (Å²) in [5.41, 5.74) is 0. The van der Waals surface area contributed by atoms with Crippen LogP contribution in [0.4, 0.5) is 0 Å². The van der Waals surface area contributed by atoms with Gasteiger partial charge in [-0.15, -0.1) is 0 Å². The van der Waals surface area contributed by atoms with E-state index in [1.807, 2.05) is 18.2 Å². The van der Waals surface area contributed by atoms with Crippen LogP contribution in [0.1, 0.15) is 136 Å². The van der Waals surface area contributed by atoms with E-state index in [0.29, 0.717) is 38.5 Å². The molecule has 1 fully saturated rings. The van der Waals surface area contributed by atoms with Crippen LogP contribution in [0.2, 0.25) is 0 Å². The van der Waals surface area contributed by atoms with E-state index in [4.69, 9.17) is 9.47 Å². The SMILES string of the molecule is CCCCCCCCCCCC(=O)O[C@@H](CO)COC(=O)CCC/C=C/C[C@@H]1[C@@H](/C=C/[C@@H](O)CCCCC)[C@H](O)C[C@@H]1O. The molecule has 6 atom stereocenters. The van der Waals surface area contributed by atoms with Crippen molar-refractivity contribution < 1.29 is 39.5 Å². The van der Waals surface area contributed by atoms with E-state index < -0.39 is 37.0 Å². The molecule has 4 N–H and O–H groups in total. The summed E-state index contributed by atoms with van der Waals surface area (Å²) in [6.07, 6.45) is 21.9. The monoisotopic (exact) mass is 610 g/mol. The Morgan fingerprint density at radius 1 is 0.814 bits per heavy atom. The molecule has 0 saturated heterocycles. The van der Waals surface area contributed by atoms with Gasteiger partial charge < -0.3 is 29.9 Å². The highest BCUT2D eigenvalue weighted by Crippen LogP contribution is 2.36. The minimum absolute atomic E-state index is 0.117. The van der Waals surface area contributed by atoms with E-state index in [-0.39, 0.29) is 30.8 Å². The molecule has 0 heterocycles. The zero-order chi connectivity index (χ0) is 31.7. The van der Waals surface area contributed by atoms with Gasteiger partial charge in [-0.3, -0.25) is 9.59 Å². The van der Waals surface area contributed by atoms with Gasteiger partial charge in [-0.2, -0.15) is 0 Å². The molecule has 1 rings (SSSR count). The fourth-order valence-electron chi connectivity index (χ4n) is 5.60. The fourth-order valence-corrected chi connectivity index (χ4v) is 5.60. The van der Waals surface area contributed by atoms with Crippen LogP contribution >= 0.6 is 0 Å². The number of carbonyl (C=O) groups excluding carboxylic acids is 2. The summed E-state index contributed by atoms with van der Waals surface area (Å²) in [5.74, 6) is -1.09. The number of ether oxygens (including phenoxy) is 2. The van der Waals surface area contributed by atoms with Gasteiger partial charge in [0.25, 0.3) is 0 Å². The Kier molecular flexibility index (Phi) is 23.4. The number of unbranched alkanes of at least 4 members (excludes halogenated alkanes) is 11. The van der Waals surface area contributed by atoms with Crippen LogP contribution in [0, 0.1) is 11.8 Å². The average molecular weight is 611 g/mol. The summed E-state index contributed by atoms with van der Waals surface area (Å²) >= 11 is 0. The van der Waals surface area contributed by atoms with E-state index in [1.165, 1.54) is 38.5 Å². The number of rotatable bonds is 26. The zero-order valence-electron chi connectivity index (χ0n) is 27.0. The molecule has 0 unspecified atom stereocenters. The lowest BCUT2D eigenvalue weighted by atomic mass is 9.89. The van der Waals surface area contributed by atoms with Crippen LogP contribution in [-0.2, 0) is 19.1 Å². The summed E-state index contributed by atoms with van der Waals surface area (Å²) in [5, 5.41) is 40.5. The normalized spacial score (nSPS) is 21.9. The minimum atomic E-state index is -0.845. The van der Waals surface area contributed by atoms with Gasteiger partial charge in [-0.05, 0) is 38.0 Å². The first-order valence-electron chi connectivity index (χ1n) is 17.2. The lowest BCUT2D eigenvalue weighted by molar-refractivity contribution is -0.161. The Hall–Kier alpha value is -1.74. The largest absolute Gasteiger partial charge is 0.462 e. The van der Waals surface area contributed by atoms with Crippen LogP contribution in [0.5, 0.6) is 0 Å². The molecule has 0 spiro atoms. The minimum Gasteiger partial charge on any atom is -0.462 e. The Labute approximate surface area is 260 Å². The van der Waals surface area contributed by atoms with Crippen molar-refractivity contribution in [3.8, 4) is 0 Å². The fraction of sp³-hybridized carbons (Fsp3) is 0.829. The second kappa shape index (κ2) is 25.6. The van der Waals surface area contributed by atoms with Crippen molar-refractivity contribution in [3.05, 3.63) is 24.3 Å². The van der Waals surface area contributed by atoms with E-state index in [1.54, 1.807) is 6.08 Å². The Morgan fingerprint density at radius 3 is 2.12 bits per heavy atom. The molecule has 250 valence electrons. The lowest BCUT2D eigenvalue weighted by Gasteiger charge is -2.19. The highest BCUT2D eigenvalue weighted by molar-refractivity contribution is 5.70. The number of carbonyl (C=O) groups is 2. The molecule has 0 aromatic carbocycles. The molecular formula is C35H62O8. The highest BCUT2D eigenvalue weighted by atomic mass is 16.6. The van der Waals surface area contributed by atoms with Crippen molar-refractivity contribution in [2.45, 2.75) is 160 Å². The van der Waals surface area contributed by atoms with E-state index in [9.17, 15) is 30.0 Å². The third-order valence-electron chi connectivity index (χ3n) is 8.32. The first-order valence-corrected chi connectivity index (χ1v) is 17.2.